The van der Waals surface area contributed by atoms with E-state index in [1.807, 2.05) is 0 Å². The van der Waals surface area contributed by atoms with Crippen molar-refractivity contribution in [2.45, 2.75) is 115 Å². The van der Waals surface area contributed by atoms with Gasteiger partial charge >= 0.3 is 5.96 Å². The fraction of sp³-hybridized carbons (Fsp3) is 0.947. The van der Waals surface area contributed by atoms with Crippen molar-refractivity contribution in [3.63, 3.8) is 0 Å². The molecule has 3 aliphatic heterocycles. The lowest BCUT2D eigenvalue weighted by molar-refractivity contribution is -0.593. The van der Waals surface area contributed by atoms with Gasteiger partial charge < -0.3 is 0 Å². The zero-order chi connectivity index (χ0) is 15.4. The first kappa shape index (κ1) is 16.1. The van der Waals surface area contributed by atoms with Gasteiger partial charge in [0.1, 0.15) is 0 Å². The number of nitrogens with one attached hydrogen (secondary N) is 2. The summed E-state index contributed by atoms with van der Waals surface area (Å²) in [5, 5.41) is 7.53. The molecule has 3 nitrogen and oxygen atoms in total. The second-order valence-electron chi connectivity index (χ2n) is 7.91. The minimum atomic E-state index is 0.639. The number of hydrogen-bond acceptors (Lipinski definition) is 2. The largest absolute Gasteiger partial charge is 0.346 e. The molecule has 126 valence electrons. The second-order valence-corrected chi connectivity index (χ2v) is 7.91. The first-order chi connectivity index (χ1) is 10.8. The van der Waals surface area contributed by atoms with E-state index >= 15 is 0 Å². The van der Waals surface area contributed by atoms with Crippen LogP contribution < -0.4 is 10.6 Å². The van der Waals surface area contributed by atoms with Gasteiger partial charge in [-0.2, -0.15) is 0 Å². The Balaban J connectivity index is 1.41. The summed E-state index contributed by atoms with van der Waals surface area (Å²) >= 11 is 0. The van der Waals surface area contributed by atoms with Gasteiger partial charge in [-0.15, -0.1) is 0 Å². The van der Waals surface area contributed by atoms with Crippen LogP contribution in [-0.4, -0.2) is 34.7 Å². The van der Waals surface area contributed by atoms with Gasteiger partial charge in [0.25, 0.3) is 0 Å². The number of rotatable bonds is 8. The van der Waals surface area contributed by atoms with E-state index in [1.165, 1.54) is 83.0 Å². The van der Waals surface area contributed by atoms with Gasteiger partial charge in [-0.05, 0) is 26.2 Å². The summed E-state index contributed by atoms with van der Waals surface area (Å²) in [5.74, 6) is 1.37. The van der Waals surface area contributed by atoms with Crippen molar-refractivity contribution in [1.82, 2.24) is 10.6 Å². The Hall–Kier alpha value is -0.730. The van der Waals surface area contributed by atoms with Gasteiger partial charge in [-0.25, -0.2) is 0 Å². The van der Waals surface area contributed by atoms with Crippen LogP contribution in [0.2, 0.25) is 0 Å². The van der Waals surface area contributed by atoms with Crippen molar-refractivity contribution in [3.8, 4) is 0 Å². The summed E-state index contributed by atoms with van der Waals surface area (Å²) in [6, 6.07) is 2.97. The number of nitrogens with zero attached hydrogens (tertiary/aromatic N) is 1. The zero-order valence-electron chi connectivity index (χ0n) is 14.7. The summed E-state index contributed by atoms with van der Waals surface area (Å²) in [7, 11) is 0. The minimum absolute atomic E-state index is 0.639. The average Bonchev–Trinajstić information content (AvgIpc) is 2.90. The highest BCUT2D eigenvalue weighted by Gasteiger charge is 2.44. The monoisotopic (exact) mass is 306 g/mol. The Labute approximate surface area is 136 Å². The van der Waals surface area contributed by atoms with Crippen LogP contribution in [0.1, 0.15) is 90.9 Å². The molecule has 0 aromatic rings. The van der Waals surface area contributed by atoms with Crippen molar-refractivity contribution in [1.29, 1.82) is 0 Å². The smallest absolute Gasteiger partial charge is 0.275 e. The number of guanidine groups is 1. The number of unbranched alkanes of at least 4 members (excludes halogenated alkanes) is 6. The molecular weight excluding hydrogens is 270 g/mol. The predicted octanol–water partition coefficient (Wildman–Crippen LogP) is 3.77. The summed E-state index contributed by atoms with van der Waals surface area (Å²) < 4.78 is 2.68. The van der Waals surface area contributed by atoms with Gasteiger partial charge in [0.15, 0.2) is 0 Å². The standard InChI is InChI=1S/C19H35N3/c1-3-4-5-6-7-8-9-10-16-14-18-12-11-17-13-15(2)20-19(21-16)22(17)18/h15-18H,3-14H2,1-2H3,(H,20,21)/p+1/t15-,16+,17+,18-/m0/s1. The molecule has 1 fully saturated rings. The highest BCUT2D eigenvalue weighted by Crippen LogP contribution is 2.31. The SMILES string of the molecule is CCCCCCCCC[C@@H]1C[C@@H]2CC[C@@H]3C[C@H](C)NC(=[N+]32)N1. The third-order valence-electron chi connectivity index (χ3n) is 5.94. The number of hydrogen-bond donors (Lipinski definition) is 2. The lowest BCUT2D eigenvalue weighted by Crippen LogP contribution is -2.61. The minimum Gasteiger partial charge on any atom is -0.275 e. The van der Waals surface area contributed by atoms with Gasteiger partial charge in [0.2, 0.25) is 0 Å². The van der Waals surface area contributed by atoms with Crippen molar-refractivity contribution in [3.05, 3.63) is 0 Å². The maximum atomic E-state index is 3.83. The van der Waals surface area contributed by atoms with Gasteiger partial charge in [0, 0.05) is 12.8 Å². The molecule has 0 aromatic carbocycles. The van der Waals surface area contributed by atoms with E-state index in [9.17, 15) is 0 Å². The zero-order valence-corrected chi connectivity index (χ0v) is 14.7. The van der Waals surface area contributed by atoms with Crippen LogP contribution in [0, 0.1) is 0 Å². The van der Waals surface area contributed by atoms with Crippen molar-refractivity contribution >= 4 is 5.96 Å². The summed E-state index contributed by atoms with van der Waals surface area (Å²) in [5.41, 5.74) is 0. The fourth-order valence-electron chi connectivity index (χ4n) is 4.80. The maximum Gasteiger partial charge on any atom is 0.346 e. The molecule has 0 unspecified atom stereocenters. The first-order valence-electron chi connectivity index (χ1n) is 9.96. The molecule has 0 spiro atoms. The molecule has 3 aliphatic rings. The maximum absolute atomic E-state index is 3.83. The Morgan fingerprint density at radius 3 is 2.36 bits per heavy atom. The van der Waals surface area contributed by atoms with Crippen LogP contribution in [-0.2, 0) is 0 Å². The first-order valence-corrected chi connectivity index (χ1v) is 9.96. The molecule has 0 aromatic heterocycles. The second kappa shape index (κ2) is 7.70. The van der Waals surface area contributed by atoms with Crippen molar-refractivity contribution in [2.24, 2.45) is 0 Å². The van der Waals surface area contributed by atoms with E-state index in [4.69, 9.17) is 0 Å². The molecule has 4 atom stereocenters. The van der Waals surface area contributed by atoms with Gasteiger partial charge in [0.05, 0.1) is 24.2 Å². The molecule has 3 heterocycles. The van der Waals surface area contributed by atoms with E-state index in [0.29, 0.717) is 12.1 Å². The third-order valence-corrected chi connectivity index (χ3v) is 5.94. The summed E-state index contributed by atoms with van der Waals surface area (Å²) in [6.07, 6.45) is 16.8. The third kappa shape index (κ3) is 3.78. The molecule has 0 bridgehead atoms. The van der Waals surface area contributed by atoms with E-state index in [0.717, 1.165) is 12.1 Å². The molecule has 1 saturated heterocycles. The van der Waals surface area contributed by atoms with Crippen LogP contribution in [0.5, 0.6) is 0 Å². The van der Waals surface area contributed by atoms with E-state index in [2.05, 4.69) is 29.1 Å². The topological polar surface area (TPSA) is 27.1 Å². The van der Waals surface area contributed by atoms with Crippen LogP contribution >= 0.6 is 0 Å². The van der Waals surface area contributed by atoms with Crippen LogP contribution in [0.15, 0.2) is 0 Å². The van der Waals surface area contributed by atoms with E-state index in [1.54, 1.807) is 0 Å². The molecule has 3 heteroatoms. The van der Waals surface area contributed by atoms with E-state index < -0.39 is 0 Å². The fourth-order valence-corrected chi connectivity index (χ4v) is 4.80. The summed E-state index contributed by atoms with van der Waals surface area (Å²) in [4.78, 5) is 0. The average molecular weight is 307 g/mol. The van der Waals surface area contributed by atoms with Crippen LogP contribution in [0.3, 0.4) is 0 Å². The Bertz CT molecular complexity index is 390. The lowest BCUT2D eigenvalue weighted by atomic mass is 9.97. The lowest BCUT2D eigenvalue weighted by Gasteiger charge is -2.35. The molecule has 2 N–H and O–H groups in total. The predicted molar refractivity (Wildman–Crippen MR) is 93.4 cm³/mol. The van der Waals surface area contributed by atoms with Crippen molar-refractivity contribution in [2.75, 3.05) is 0 Å². The molecule has 22 heavy (non-hydrogen) atoms. The summed E-state index contributed by atoms with van der Waals surface area (Å²) in [6.45, 7) is 4.63. The quantitative estimate of drug-likeness (QED) is 0.527. The Morgan fingerprint density at radius 1 is 0.909 bits per heavy atom. The highest BCUT2D eigenvalue weighted by molar-refractivity contribution is 5.76. The Morgan fingerprint density at radius 2 is 1.59 bits per heavy atom. The van der Waals surface area contributed by atoms with Crippen LogP contribution in [0.4, 0.5) is 0 Å². The molecular formula is C19H36N3+. The van der Waals surface area contributed by atoms with E-state index in [-0.39, 0.29) is 0 Å². The highest BCUT2D eigenvalue weighted by atomic mass is 15.3. The van der Waals surface area contributed by atoms with Crippen LogP contribution in [0.25, 0.3) is 0 Å². The van der Waals surface area contributed by atoms with Crippen molar-refractivity contribution < 1.29 is 4.58 Å². The van der Waals surface area contributed by atoms with Gasteiger partial charge in [-0.1, -0.05) is 51.9 Å². The Kier molecular flexibility index (Phi) is 5.65. The molecule has 3 rings (SSSR count). The molecule has 0 saturated carbocycles. The molecule has 0 amide bonds. The van der Waals surface area contributed by atoms with Gasteiger partial charge in [-0.3, -0.25) is 15.2 Å². The normalized spacial score (nSPS) is 33.4. The molecule has 0 radical (unpaired) electrons. The molecule has 0 aliphatic carbocycles.